The van der Waals surface area contributed by atoms with E-state index in [1.807, 2.05) is 116 Å². The highest BCUT2D eigenvalue weighted by Gasteiger charge is 2.51. The van der Waals surface area contributed by atoms with Crippen LogP contribution in [0.2, 0.25) is 0 Å². The molecule has 262 valence electrons. The summed E-state index contributed by atoms with van der Waals surface area (Å²) in [6.45, 7) is 4.86. The summed E-state index contributed by atoms with van der Waals surface area (Å²) in [5.41, 5.74) is 3.97. The number of rotatable bonds is 9. The Labute approximate surface area is 298 Å². The molecule has 6 rings (SSSR count). The molecular formula is C42H51N5O3. The summed E-state index contributed by atoms with van der Waals surface area (Å²) in [5, 5.41) is 6.17. The molecular weight excluding hydrogens is 622 g/mol. The Bertz CT molecular complexity index is 1640. The average Bonchev–Trinajstić information content (AvgIpc) is 3.14. The molecule has 2 aliphatic rings. The topological polar surface area (TPSA) is 76.2 Å². The van der Waals surface area contributed by atoms with Crippen molar-refractivity contribution in [1.29, 1.82) is 0 Å². The molecule has 0 saturated carbocycles. The second-order valence-electron chi connectivity index (χ2n) is 11.6. The maximum atomic E-state index is 14.4. The molecule has 2 fully saturated rings. The van der Waals surface area contributed by atoms with Crippen molar-refractivity contribution >= 4 is 17.8 Å². The standard InChI is InChI=1S/C38H37N5O3.C2H6.2CH4/c1-2-24-41-28-35(44)42-34(43(41)38(46)39-26-29-15-7-3-8-16-29)27-40(37(45)36(42)32-21-13-6-14-22-32)25-23-33(30-17-9-4-10-18-30)31-19-11-5-12-20-31;1-2;;/h1,3-22,33-34,36H,23-28H2,(H,39,46);1-2H3;2*1H4/t34-,36-;;;/m0.../s1. The predicted molar refractivity (Wildman–Crippen MR) is 201 cm³/mol. The highest BCUT2D eigenvalue weighted by Crippen LogP contribution is 2.36. The first-order valence-electron chi connectivity index (χ1n) is 16.6. The normalized spacial score (nSPS) is 17.0. The molecule has 8 nitrogen and oxygen atoms in total. The minimum Gasteiger partial charge on any atom is -0.337 e. The summed E-state index contributed by atoms with van der Waals surface area (Å²) in [6, 6.07) is 38.3. The van der Waals surface area contributed by atoms with Gasteiger partial charge in [0, 0.05) is 19.0 Å². The Morgan fingerprint density at radius 1 is 0.820 bits per heavy atom. The van der Waals surface area contributed by atoms with E-state index < -0.39 is 12.2 Å². The van der Waals surface area contributed by atoms with Gasteiger partial charge in [-0.25, -0.2) is 9.80 Å². The van der Waals surface area contributed by atoms with Crippen LogP contribution < -0.4 is 5.32 Å². The van der Waals surface area contributed by atoms with E-state index in [4.69, 9.17) is 6.42 Å². The van der Waals surface area contributed by atoms with Gasteiger partial charge in [0.1, 0.15) is 12.2 Å². The van der Waals surface area contributed by atoms with Gasteiger partial charge in [-0.2, -0.15) is 5.01 Å². The molecule has 0 bridgehead atoms. The van der Waals surface area contributed by atoms with Gasteiger partial charge < -0.3 is 15.1 Å². The fourth-order valence-corrected chi connectivity index (χ4v) is 6.52. The highest BCUT2D eigenvalue weighted by molar-refractivity contribution is 5.92. The molecule has 2 atom stereocenters. The van der Waals surface area contributed by atoms with Crippen LogP contribution in [0.5, 0.6) is 0 Å². The molecule has 0 unspecified atom stereocenters. The monoisotopic (exact) mass is 673 g/mol. The average molecular weight is 674 g/mol. The lowest BCUT2D eigenvalue weighted by molar-refractivity contribution is -0.189. The molecule has 2 aliphatic heterocycles. The van der Waals surface area contributed by atoms with Gasteiger partial charge in [0.2, 0.25) is 11.8 Å². The number of fused-ring (bicyclic) bond motifs is 1. The first kappa shape index (κ1) is 39.1. The van der Waals surface area contributed by atoms with Crippen molar-refractivity contribution in [2.45, 2.75) is 59.8 Å². The van der Waals surface area contributed by atoms with Crippen molar-refractivity contribution < 1.29 is 14.4 Å². The van der Waals surface area contributed by atoms with Crippen molar-refractivity contribution in [2.75, 3.05) is 26.2 Å². The number of hydrogen-bond acceptors (Lipinski definition) is 4. The van der Waals surface area contributed by atoms with Crippen molar-refractivity contribution in [3.05, 3.63) is 144 Å². The number of urea groups is 1. The second-order valence-corrected chi connectivity index (χ2v) is 11.6. The maximum Gasteiger partial charge on any atom is 0.334 e. The number of hydrazine groups is 1. The molecule has 2 heterocycles. The third-order valence-corrected chi connectivity index (χ3v) is 8.70. The van der Waals surface area contributed by atoms with E-state index in [0.29, 0.717) is 25.1 Å². The first-order valence-corrected chi connectivity index (χ1v) is 16.6. The maximum absolute atomic E-state index is 14.4. The number of nitrogens with one attached hydrogen (secondary N) is 1. The number of piperazine rings is 1. The summed E-state index contributed by atoms with van der Waals surface area (Å²) in [5.74, 6) is 2.25. The van der Waals surface area contributed by atoms with Gasteiger partial charge in [-0.05, 0) is 28.7 Å². The molecule has 1 N–H and O–H groups in total. The van der Waals surface area contributed by atoms with Crippen molar-refractivity contribution in [3.8, 4) is 12.3 Å². The molecule has 4 aromatic rings. The smallest absolute Gasteiger partial charge is 0.334 e. The van der Waals surface area contributed by atoms with Crippen LogP contribution in [0.3, 0.4) is 0 Å². The van der Waals surface area contributed by atoms with E-state index >= 15 is 0 Å². The zero-order chi connectivity index (χ0) is 33.9. The Balaban J connectivity index is 0.00000166. The number of benzene rings is 4. The van der Waals surface area contributed by atoms with E-state index in [1.165, 1.54) is 0 Å². The predicted octanol–water partition coefficient (Wildman–Crippen LogP) is 7.32. The van der Waals surface area contributed by atoms with Crippen molar-refractivity contribution in [2.24, 2.45) is 0 Å². The minimum absolute atomic E-state index is 0. The number of carbonyl (C=O) groups excluding carboxylic acids is 3. The number of hydrogen-bond donors (Lipinski definition) is 1. The second kappa shape index (κ2) is 19.0. The van der Waals surface area contributed by atoms with Crippen LogP contribution in [0.1, 0.15) is 69.3 Å². The minimum atomic E-state index is -0.878. The van der Waals surface area contributed by atoms with Crippen molar-refractivity contribution in [3.63, 3.8) is 0 Å². The molecule has 0 aromatic heterocycles. The van der Waals surface area contributed by atoms with Gasteiger partial charge in [-0.1, -0.05) is 156 Å². The number of amides is 4. The summed E-state index contributed by atoms with van der Waals surface area (Å²) < 4.78 is 0. The largest absolute Gasteiger partial charge is 0.337 e. The van der Waals surface area contributed by atoms with Gasteiger partial charge in [-0.3, -0.25) is 9.59 Å². The van der Waals surface area contributed by atoms with Gasteiger partial charge in [0.05, 0.1) is 19.6 Å². The summed E-state index contributed by atoms with van der Waals surface area (Å²) >= 11 is 0. The summed E-state index contributed by atoms with van der Waals surface area (Å²) in [6.07, 6.45) is 5.63. The molecule has 4 aromatic carbocycles. The molecule has 50 heavy (non-hydrogen) atoms. The van der Waals surface area contributed by atoms with E-state index in [-0.39, 0.29) is 58.3 Å². The summed E-state index contributed by atoms with van der Waals surface area (Å²) in [7, 11) is 0. The zero-order valence-electron chi connectivity index (χ0n) is 27.6. The zero-order valence-corrected chi connectivity index (χ0v) is 27.6. The molecule has 8 heteroatoms. The highest BCUT2D eigenvalue weighted by atomic mass is 16.2. The Morgan fingerprint density at radius 2 is 1.34 bits per heavy atom. The Morgan fingerprint density at radius 3 is 1.88 bits per heavy atom. The van der Waals surface area contributed by atoms with E-state index in [9.17, 15) is 14.4 Å². The van der Waals surface area contributed by atoms with E-state index in [0.717, 1.165) is 16.7 Å². The van der Waals surface area contributed by atoms with Gasteiger partial charge in [0.15, 0.2) is 0 Å². The Hall–Kier alpha value is -5.39. The van der Waals surface area contributed by atoms with Crippen LogP contribution in [-0.4, -0.2) is 70.0 Å². The van der Waals surface area contributed by atoms with Crippen LogP contribution in [0.25, 0.3) is 0 Å². The first-order chi connectivity index (χ1) is 23.5. The lowest BCUT2D eigenvalue weighted by atomic mass is 9.88. The molecule has 2 saturated heterocycles. The van der Waals surface area contributed by atoms with E-state index in [1.54, 1.807) is 14.9 Å². The van der Waals surface area contributed by atoms with Crippen LogP contribution >= 0.6 is 0 Å². The number of nitrogens with zero attached hydrogens (tertiary/aromatic N) is 4. The molecule has 4 amide bonds. The SMILES string of the molecule is C.C.C#CCN1CC(=O)N2[C@@H](c3ccccc3)C(=O)N(CCC(c3ccccc3)c3ccccc3)C[C@@H]2N1C(=O)NCc1ccccc1.CC. The van der Waals surface area contributed by atoms with Gasteiger partial charge >= 0.3 is 6.03 Å². The Kier molecular flexibility index (Phi) is 14.8. The van der Waals surface area contributed by atoms with Crippen LogP contribution in [-0.2, 0) is 16.1 Å². The molecule has 0 spiro atoms. The van der Waals surface area contributed by atoms with Crippen LogP contribution in [0.4, 0.5) is 4.79 Å². The molecule has 0 radical (unpaired) electrons. The fraction of sp³-hybridized carbons (Fsp3) is 0.310. The fourth-order valence-electron chi connectivity index (χ4n) is 6.52. The lowest BCUT2D eigenvalue weighted by Gasteiger charge is -2.55. The van der Waals surface area contributed by atoms with Crippen LogP contribution in [0.15, 0.2) is 121 Å². The lowest BCUT2D eigenvalue weighted by Crippen LogP contribution is -2.74. The van der Waals surface area contributed by atoms with Crippen molar-refractivity contribution in [1.82, 2.24) is 25.1 Å². The third-order valence-electron chi connectivity index (χ3n) is 8.70. The summed E-state index contributed by atoms with van der Waals surface area (Å²) in [4.78, 5) is 45.5. The number of carbonyl (C=O) groups is 3. The number of terminal acetylenes is 1. The van der Waals surface area contributed by atoms with Gasteiger partial charge in [0.25, 0.3) is 0 Å². The van der Waals surface area contributed by atoms with E-state index in [2.05, 4.69) is 35.5 Å². The van der Waals surface area contributed by atoms with Gasteiger partial charge in [-0.15, -0.1) is 6.42 Å². The molecule has 0 aliphatic carbocycles. The third kappa shape index (κ3) is 8.79. The van der Waals surface area contributed by atoms with Crippen LogP contribution in [0, 0.1) is 12.3 Å². The quantitative estimate of drug-likeness (QED) is 0.189.